The maximum absolute atomic E-state index is 6.06. The number of nitrogens with one attached hydrogen (secondary N) is 2. The number of benzene rings is 1. The zero-order valence-corrected chi connectivity index (χ0v) is 10.5. The van der Waals surface area contributed by atoms with Crippen molar-refractivity contribution in [2.75, 3.05) is 11.9 Å². The fraction of sp³-hybridized carbons (Fsp3) is 0.364. The summed E-state index contributed by atoms with van der Waals surface area (Å²) in [6.07, 6.45) is 1.05. The van der Waals surface area contributed by atoms with Gasteiger partial charge in [0.05, 0.1) is 10.7 Å². The van der Waals surface area contributed by atoms with E-state index in [1.807, 2.05) is 25.1 Å². The lowest BCUT2D eigenvalue weighted by Crippen LogP contribution is -2.28. The van der Waals surface area contributed by atoms with Gasteiger partial charge >= 0.3 is 0 Å². The Labute approximate surface area is 101 Å². The molecular formula is C11H15ClN2S. The van der Waals surface area contributed by atoms with Crippen LogP contribution < -0.4 is 10.6 Å². The van der Waals surface area contributed by atoms with Crippen LogP contribution in [0.3, 0.4) is 0 Å². The number of hydrogen-bond donors (Lipinski definition) is 2. The molecule has 0 bridgehead atoms. The summed E-state index contributed by atoms with van der Waals surface area (Å²) in [7, 11) is 0. The van der Waals surface area contributed by atoms with Crippen molar-refractivity contribution >= 4 is 34.6 Å². The van der Waals surface area contributed by atoms with Gasteiger partial charge in [0.25, 0.3) is 0 Å². The Kier molecular flexibility index (Phi) is 4.85. The van der Waals surface area contributed by atoms with E-state index in [4.69, 9.17) is 23.8 Å². The quantitative estimate of drug-likeness (QED) is 0.795. The maximum Gasteiger partial charge on any atom is 0.170 e. The molecular weight excluding hydrogens is 228 g/mol. The minimum atomic E-state index is 0.614. The monoisotopic (exact) mass is 242 g/mol. The summed E-state index contributed by atoms with van der Waals surface area (Å²) in [5, 5.41) is 7.45. The number of aryl methyl sites for hydroxylation is 1. The summed E-state index contributed by atoms with van der Waals surface area (Å²) in [4.78, 5) is 0. The predicted molar refractivity (Wildman–Crippen MR) is 70.7 cm³/mol. The highest BCUT2D eigenvalue weighted by molar-refractivity contribution is 7.80. The summed E-state index contributed by atoms with van der Waals surface area (Å²) >= 11 is 11.2. The average Bonchev–Trinajstić information content (AvgIpc) is 2.19. The molecule has 0 unspecified atom stereocenters. The van der Waals surface area contributed by atoms with E-state index in [-0.39, 0.29) is 0 Å². The van der Waals surface area contributed by atoms with Crippen molar-refractivity contribution in [2.45, 2.75) is 20.3 Å². The summed E-state index contributed by atoms with van der Waals surface area (Å²) in [6.45, 7) is 4.97. The highest BCUT2D eigenvalue weighted by Gasteiger charge is 2.01. The molecule has 1 rings (SSSR count). The molecule has 0 amide bonds. The molecule has 0 saturated heterocycles. The number of thiocarbonyl (C=S) groups is 1. The van der Waals surface area contributed by atoms with Crippen LogP contribution in [0.2, 0.25) is 5.02 Å². The molecule has 0 atom stereocenters. The molecule has 1 aromatic carbocycles. The van der Waals surface area contributed by atoms with Crippen LogP contribution in [0.25, 0.3) is 0 Å². The molecule has 4 heteroatoms. The largest absolute Gasteiger partial charge is 0.362 e. The van der Waals surface area contributed by atoms with Crippen LogP contribution in [0.1, 0.15) is 18.9 Å². The predicted octanol–water partition coefficient (Wildman–Crippen LogP) is 3.34. The number of rotatable bonds is 3. The molecule has 0 aliphatic heterocycles. The molecule has 0 aliphatic carbocycles. The third-order valence-electron chi connectivity index (χ3n) is 1.91. The highest BCUT2D eigenvalue weighted by Crippen LogP contribution is 2.22. The molecule has 2 N–H and O–H groups in total. The molecule has 2 nitrogen and oxygen atoms in total. The van der Waals surface area contributed by atoms with Crippen molar-refractivity contribution in [3.8, 4) is 0 Å². The van der Waals surface area contributed by atoms with Gasteiger partial charge in [-0.05, 0) is 43.3 Å². The SMILES string of the molecule is CCCNC(=S)Nc1ccc(C)cc1Cl. The molecule has 0 aromatic heterocycles. The second-order valence-electron chi connectivity index (χ2n) is 3.36. The Bertz CT molecular complexity index is 352. The smallest absolute Gasteiger partial charge is 0.170 e. The third kappa shape index (κ3) is 4.06. The van der Waals surface area contributed by atoms with Crippen LogP contribution in [-0.2, 0) is 0 Å². The van der Waals surface area contributed by atoms with Gasteiger partial charge in [-0.1, -0.05) is 24.6 Å². The summed E-state index contributed by atoms with van der Waals surface area (Å²) < 4.78 is 0. The molecule has 82 valence electrons. The molecule has 15 heavy (non-hydrogen) atoms. The lowest BCUT2D eigenvalue weighted by molar-refractivity contribution is 0.846. The fourth-order valence-corrected chi connectivity index (χ4v) is 1.62. The molecule has 0 radical (unpaired) electrons. The van der Waals surface area contributed by atoms with Gasteiger partial charge in [0.15, 0.2) is 5.11 Å². The van der Waals surface area contributed by atoms with E-state index >= 15 is 0 Å². The number of hydrogen-bond acceptors (Lipinski definition) is 1. The average molecular weight is 243 g/mol. The lowest BCUT2D eigenvalue weighted by atomic mass is 10.2. The van der Waals surface area contributed by atoms with Gasteiger partial charge in [0.1, 0.15) is 0 Å². The highest BCUT2D eigenvalue weighted by atomic mass is 35.5. The van der Waals surface area contributed by atoms with Gasteiger partial charge in [-0.25, -0.2) is 0 Å². The topological polar surface area (TPSA) is 24.1 Å². The van der Waals surface area contributed by atoms with Crippen molar-refractivity contribution in [2.24, 2.45) is 0 Å². The summed E-state index contributed by atoms with van der Waals surface area (Å²) in [5.41, 5.74) is 1.98. The molecule has 0 aliphatic rings. The number of halogens is 1. The number of anilines is 1. The standard InChI is InChI=1S/C11H15ClN2S/c1-3-6-13-11(15)14-10-5-4-8(2)7-9(10)12/h4-5,7H,3,6H2,1-2H3,(H2,13,14,15). The van der Waals surface area contributed by atoms with Crippen molar-refractivity contribution in [3.05, 3.63) is 28.8 Å². The first-order valence-corrected chi connectivity index (χ1v) is 5.73. The van der Waals surface area contributed by atoms with Gasteiger partial charge in [0, 0.05) is 6.54 Å². The van der Waals surface area contributed by atoms with E-state index in [2.05, 4.69) is 17.6 Å². The Morgan fingerprint density at radius 2 is 2.20 bits per heavy atom. The van der Waals surface area contributed by atoms with Gasteiger partial charge in [-0.15, -0.1) is 0 Å². The van der Waals surface area contributed by atoms with E-state index in [1.54, 1.807) is 0 Å². The van der Waals surface area contributed by atoms with Crippen molar-refractivity contribution < 1.29 is 0 Å². The Morgan fingerprint density at radius 1 is 1.47 bits per heavy atom. The second kappa shape index (κ2) is 5.93. The van der Waals surface area contributed by atoms with Crippen molar-refractivity contribution in [1.82, 2.24) is 5.32 Å². The molecule has 0 saturated carbocycles. The van der Waals surface area contributed by atoms with E-state index in [1.165, 1.54) is 0 Å². The zero-order valence-electron chi connectivity index (χ0n) is 8.93. The minimum Gasteiger partial charge on any atom is -0.362 e. The van der Waals surface area contributed by atoms with E-state index < -0.39 is 0 Å². The lowest BCUT2D eigenvalue weighted by Gasteiger charge is -2.11. The second-order valence-corrected chi connectivity index (χ2v) is 4.18. The van der Waals surface area contributed by atoms with Gasteiger partial charge in [-0.3, -0.25) is 0 Å². The van der Waals surface area contributed by atoms with Gasteiger partial charge in [0.2, 0.25) is 0 Å². The van der Waals surface area contributed by atoms with Crippen LogP contribution in [0.5, 0.6) is 0 Å². The normalized spacial score (nSPS) is 9.80. The molecule has 0 fully saturated rings. The van der Waals surface area contributed by atoms with Gasteiger partial charge in [-0.2, -0.15) is 0 Å². The summed E-state index contributed by atoms with van der Waals surface area (Å²) in [6, 6.07) is 5.83. The van der Waals surface area contributed by atoms with E-state index in [0.29, 0.717) is 10.1 Å². The Balaban J connectivity index is 2.60. The Hall–Kier alpha value is -0.800. The van der Waals surface area contributed by atoms with Crippen LogP contribution in [0, 0.1) is 6.92 Å². The maximum atomic E-state index is 6.06. The van der Waals surface area contributed by atoms with Crippen LogP contribution in [-0.4, -0.2) is 11.7 Å². The van der Waals surface area contributed by atoms with E-state index in [9.17, 15) is 0 Å². The molecule has 0 spiro atoms. The first-order valence-electron chi connectivity index (χ1n) is 4.94. The molecule has 0 heterocycles. The third-order valence-corrected chi connectivity index (χ3v) is 2.47. The van der Waals surface area contributed by atoms with Gasteiger partial charge < -0.3 is 10.6 Å². The van der Waals surface area contributed by atoms with Crippen LogP contribution >= 0.6 is 23.8 Å². The fourth-order valence-electron chi connectivity index (χ4n) is 1.13. The van der Waals surface area contributed by atoms with Crippen molar-refractivity contribution in [1.29, 1.82) is 0 Å². The van der Waals surface area contributed by atoms with Crippen LogP contribution in [0.15, 0.2) is 18.2 Å². The molecule has 1 aromatic rings. The first-order chi connectivity index (χ1) is 7.13. The Morgan fingerprint density at radius 3 is 2.80 bits per heavy atom. The first kappa shape index (κ1) is 12.3. The van der Waals surface area contributed by atoms with E-state index in [0.717, 1.165) is 24.2 Å². The minimum absolute atomic E-state index is 0.614. The summed E-state index contributed by atoms with van der Waals surface area (Å²) in [5.74, 6) is 0. The van der Waals surface area contributed by atoms with Crippen LogP contribution in [0.4, 0.5) is 5.69 Å². The van der Waals surface area contributed by atoms with Crippen molar-refractivity contribution in [3.63, 3.8) is 0 Å². The zero-order chi connectivity index (χ0) is 11.3.